The fourth-order valence-electron chi connectivity index (χ4n) is 3.02. The van der Waals surface area contributed by atoms with E-state index in [1.54, 1.807) is 66.7 Å². The van der Waals surface area contributed by atoms with Crippen LogP contribution in [0, 0.1) is 0 Å². The smallest absolute Gasteiger partial charge is 0.343 e. The average Bonchev–Trinajstić information content (AvgIpc) is 3.17. The van der Waals surface area contributed by atoms with Gasteiger partial charge in [-0.25, -0.2) is 14.4 Å². The Morgan fingerprint density at radius 3 is 1.68 bits per heavy atom. The van der Waals surface area contributed by atoms with Crippen molar-refractivity contribution in [1.82, 2.24) is 0 Å². The maximum absolute atomic E-state index is 12.9. The van der Waals surface area contributed by atoms with Gasteiger partial charge in [0.25, 0.3) is 5.78 Å². The lowest BCUT2D eigenvalue weighted by molar-refractivity contribution is -0.141. The number of carbonyl (C=O) groups excluding carboxylic acids is 4. The molecule has 1 heterocycles. The normalized spacial score (nSPS) is 14.8. The molecular weight excluding hydrogens is 440 g/mol. The molecule has 0 radical (unpaired) electrons. The molecule has 170 valence electrons. The van der Waals surface area contributed by atoms with Crippen molar-refractivity contribution >= 4 is 23.7 Å². The number of Topliss-reactive ketones (excluding diaryl/α,β-unsaturated/α-hetero) is 1. The van der Waals surface area contributed by atoms with Crippen molar-refractivity contribution < 1.29 is 38.1 Å². The Labute approximate surface area is 194 Å². The molecular formula is C26H18O8. The van der Waals surface area contributed by atoms with Crippen LogP contribution in [0.3, 0.4) is 0 Å². The first kappa shape index (κ1) is 22.5. The highest BCUT2D eigenvalue weighted by molar-refractivity contribution is 6.04. The Bertz CT molecular complexity index is 1230. The second-order valence-corrected chi connectivity index (χ2v) is 7.04. The molecule has 1 atom stereocenters. The fourth-order valence-corrected chi connectivity index (χ4v) is 3.02. The fraction of sp³-hybridized carbons (Fsp3) is 0.0769. The molecule has 0 N–H and O–H groups in total. The third-order valence-electron chi connectivity index (χ3n) is 4.71. The number of esters is 3. The maximum Gasteiger partial charge on any atom is 0.343 e. The molecule has 3 aromatic carbocycles. The van der Waals surface area contributed by atoms with Gasteiger partial charge in [0, 0.05) is 0 Å². The molecule has 0 aliphatic carbocycles. The summed E-state index contributed by atoms with van der Waals surface area (Å²) in [6, 6.07) is 24.2. The summed E-state index contributed by atoms with van der Waals surface area (Å²) in [5, 5.41) is 0. The van der Waals surface area contributed by atoms with Crippen molar-refractivity contribution in [1.29, 1.82) is 0 Å². The summed E-state index contributed by atoms with van der Waals surface area (Å²) in [4.78, 5) is 50.1. The second-order valence-electron chi connectivity index (χ2n) is 7.04. The van der Waals surface area contributed by atoms with Gasteiger partial charge in [0.05, 0.1) is 16.7 Å². The van der Waals surface area contributed by atoms with Crippen molar-refractivity contribution in [3.8, 4) is 0 Å². The third-order valence-corrected chi connectivity index (χ3v) is 4.71. The minimum absolute atomic E-state index is 0.188. The molecule has 4 rings (SSSR count). The summed E-state index contributed by atoms with van der Waals surface area (Å²) < 4.78 is 21.1. The van der Waals surface area contributed by atoms with Crippen molar-refractivity contribution in [2.24, 2.45) is 0 Å². The van der Waals surface area contributed by atoms with Crippen LogP contribution in [0.5, 0.6) is 0 Å². The first-order chi connectivity index (χ1) is 16.5. The Morgan fingerprint density at radius 2 is 1.15 bits per heavy atom. The zero-order valence-electron chi connectivity index (χ0n) is 17.7. The van der Waals surface area contributed by atoms with Crippen LogP contribution >= 0.6 is 0 Å². The van der Waals surface area contributed by atoms with E-state index in [1.165, 1.54) is 24.3 Å². The molecule has 0 saturated heterocycles. The summed E-state index contributed by atoms with van der Waals surface area (Å²) in [6.45, 7) is -0.518. The van der Waals surface area contributed by atoms with Gasteiger partial charge in [-0.15, -0.1) is 0 Å². The Morgan fingerprint density at radius 1 is 0.676 bits per heavy atom. The summed E-state index contributed by atoms with van der Waals surface area (Å²) in [5.74, 6) is -3.95. The number of hydrogen-bond acceptors (Lipinski definition) is 8. The van der Waals surface area contributed by atoms with Crippen LogP contribution in [0.4, 0.5) is 0 Å². The number of ether oxygens (including phenoxy) is 4. The van der Waals surface area contributed by atoms with Gasteiger partial charge < -0.3 is 18.9 Å². The van der Waals surface area contributed by atoms with Gasteiger partial charge in [0.2, 0.25) is 5.76 Å². The number of rotatable bonds is 7. The molecule has 1 aliphatic rings. The largest absolute Gasteiger partial charge is 0.454 e. The number of ketones is 1. The highest BCUT2D eigenvalue weighted by Crippen LogP contribution is 2.26. The molecule has 34 heavy (non-hydrogen) atoms. The topological polar surface area (TPSA) is 105 Å². The van der Waals surface area contributed by atoms with Crippen LogP contribution in [-0.4, -0.2) is 36.6 Å². The van der Waals surface area contributed by atoms with Gasteiger partial charge in [0.1, 0.15) is 0 Å². The van der Waals surface area contributed by atoms with Crippen molar-refractivity contribution in [3.63, 3.8) is 0 Å². The van der Waals surface area contributed by atoms with E-state index in [0.717, 1.165) is 0 Å². The minimum Gasteiger partial charge on any atom is -0.454 e. The average molecular weight is 458 g/mol. The predicted molar refractivity (Wildman–Crippen MR) is 117 cm³/mol. The molecule has 0 saturated carbocycles. The first-order valence-electron chi connectivity index (χ1n) is 10.2. The molecule has 0 bridgehead atoms. The second kappa shape index (κ2) is 10.3. The zero-order valence-corrected chi connectivity index (χ0v) is 17.7. The highest BCUT2D eigenvalue weighted by Gasteiger charge is 2.41. The number of hydrogen-bond donors (Lipinski definition) is 0. The summed E-state index contributed by atoms with van der Waals surface area (Å²) >= 11 is 0. The van der Waals surface area contributed by atoms with Crippen molar-refractivity contribution in [2.45, 2.75) is 6.29 Å². The van der Waals surface area contributed by atoms with Gasteiger partial charge in [-0.3, -0.25) is 4.79 Å². The molecule has 1 aliphatic heterocycles. The Balaban J connectivity index is 1.52. The third kappa shape index (κ3) is 5.18. The van der Waals surface area contributed by atoms with E-state index < -0.39 is 42.3 Å². The zero-order chi connectivity index (χ0) is 23.9. The van der Waals surface area contributed by atoms with E-state index in [0.29, 0.717) is 0 Å². The van der Waals surface area contributed by atoms with Gasteiger partial charge in [-0.05, 0) is 36.4 Å². The van der Waals surface area contributed by atoms with E-state index in [4.69, 9.17) is 18.9 Å². The van der Waals surface area contributed by atoms with E-state index in [2.05, 4.69) is 0 Å². The lowest BCUT2D eigenvalue weighted by atomic mass is 10.2. The summed E-state index contributed by atoms with van der Waals surface area (Å²) in [7, 11) is 0. The number of carbonyl (C=O) groups is 4. The lowest BCUT2D eigenvalue weighted by Gasteiger charge is -2.12. The van der Waals surface area contributed by atoms with Gasteiger partial charge in [0.15, 0.2) is 12.4 Å². The quantitative estimate of drug-likeness (QED) is 0.390. The molecule has 8 heteroatoms. The van der Waals surface area contributed by atoms with E-state index in [9.17, 15) is 19.2 Å². The van der Waals surface area contributed by atoms with E-state index in [1.807, 2.05) is 0 Å². The predicted octanol–water partition coefficient (Wildman–Crippen LogP) is 3.69. The Kier molecular flexibility index (Phi) is 6.78. The van der Waals surface area contributed by atoms with Crippen molar-refractivity contribution in [2.75, 3.05) is 6.61 Å². The minimum atomic E-state index is -1.70. The molecule has 1 unspecified atom stereocenters. The first-order valence-corrected chi connectivity index (χ1v) is 10.2. The van der Waals surface area contributed by atoms with E-state index in [-0.39, 0.29) is 22.4 Å². The monoisotopic (exact) mass is 458 g/mol. The van der Waals surface area contributed by atoms with Crippen LogP contribution in [0.15, 0.2) is 103 Å². The van der Waals surface area contributed by atoms with E-state index >= 15 is 0 Å². The summed E-state index contributed by atoms with van der Waals surface area (Å²) in [5.41, 5.74) is 0.668. The van der Waals surface area contributed by atoms with Crippen LogP contribution in [-0.2, 0) is 23.7 Å². The van der Waals surface area contributed by atoms with Crippen LogP contribution in [0.2, 0.25) is 0 Å². The molecule has 0 spiro atoms. The standard InChI is InChI=1S/C26H18O8/c27-21-22(33-24(29)18-12-6-2-7-13-18)20(16-31-23(28)17-10-4-1-5-11-17)32-26(21)34-25(30)19-14-8-3-9-15-19/h1-15,26H,16H2. The van der Waals surface area contributed by atoms with Gasteiger partial charge in [-0.2, -0.15) is 0 Å². The lowest BCUT2D eigenvalue weighted by Crippen LogP contribution is -2.26. The molecule has 3 aromatic rings. The van der Waals surface area contributed by atoms with Crippen LogP contribution < -0.4 is 0 Å². The highest BCUT2D eigenvalue weighted by atomic mass is 16.7. The molecule has 0 aromatic heterocycles. The summed E-state index contributed by atoms with van der Waals surface area (Å²) in [6.07, 6.45) is -1.70. The van der Waals surface area contributed by atoms with Gasteiger partial charge >= 0.3 is 24.2 Å². The van der Waals surface area contributed by atoms with Crippen molar-refractivity contribution in [3.05, 3.63) is 119 Å². The Hall–Kier alpha value is -4.72. The number of benzene rings is 3. The van der Waals surface area contributed by atoms with Crippen LogP contribution in [0.25, 0.3) is 0 Å². The molecule has 0 amide bonds. The molecule has 8 nitrogen and oxygen atoms in total. The maximum atomic E-state index is 12.9. The van der Waals surface area contributed by atoms with Crippen LogP contribution in [0.1, 0.15) is 31.1 Å². The SMILES string of the molecule is O=C(OCC1=C(OC(=O)c2ccccc2)C(=O)C(OC(=O)c2ccccc2)O1)c1ccccc1. The van der Waals surface area contributed by atoms with Gasteiger partial charge in [-0.1, -0.05) is 54.6 Å². The molecule has 0 fully saturated rings.